The van der Waals surface area contributed by atoms with Gasteiger partial charge in [0.2, 0.25) is 11.8 Å². The average Bonchev–Trinajstić information content (AvgIpc) is 3.59. The average molecular weight is 659 g/mol. The molecule has 1 aliphatic rings. The van der Waals surface area contributed by atoms with E-state index in [1.807, 2.05) is 18.2 Å². The first-order chi connectivity index (χ1) is 22.6. The number of carbonyl (C=O) groups is 2. The first kappa shape index (κ1) is 33.3. The Kier molecular flexibility index (Phi) is 10.6. The Hall–Kier alpha value is -5.10. The zero-order valence-electron chi connectivity index (χ0n) is 25.6. The van der Waals surface area contributed by atoms with Crippen LogP contribution < -0.4 is 9.62 Å². The Morgan fingerprint density at radius 1 is 0.894 bits per heavy atom. The van der Waals surface area contributed by atoms with Gasteiger partial charge in [0.25, 0.3) is 15.7 Å². The van der Waals surface area contributed by atoms with Gasteiger partial charge in [-0.15, -0.1) is 0 Å². The van der Waals surface area contributed by atoms with Crippen molar-refractivity contribution in [3.63, 3.8) is 0 Å². The van der Waals surface area contributed by atoms with Crippen molar-refractivity contribution in [2.24, 2.45) is 0 Å². The van der Waals surface area contributed by atoms with Crippen molar-refractivity contribution in [3.8, 4) is 0 Å². The standard InChI is InChI=1S/C35H35FN4O6S/c36-32-21-10-7-14-27(32)24-38(33(22-26-12-3-1-4-13-26)35(42)37-28-15-8-9-16-28)34(41)25-39(29-17-11-18-30(23-29)40(43)44)47(45,46)31-19-5-2-6-20-31/h1-7,10-14,17-21,23,28,33H,8-9,15-16,22,24-25H2,(H,37,42)/t33-/m1/s1. The fourth-order valence-corrected chi connectivity index (χ4v) is 7.17. The lowest BCUT2D eigenvalue weighted by Gasteiger charge is -2.34. The van der Waals surface area contributed by atoms with Crippen LogP contribution in [0, 0.1) is 15.9 Å². The number of hydrogen-bond donors (Lipinski definition) is 1. The molecule has 0 spiro atoms. The van der Waals surface area contributed by atoms with Crippen molar-refractivity contribution in [2.45, 2.75) is 55.6 Å². The predicted molar refractivity (Wildman–Crippen MR) is 175 cm³/mol. The largest absolute Gasteiger partial charge is 0.352 e. The summed E-state index contributed by atoms with van der Waals surface area (Å²) in [6.07, 6.45) is 3.59. The highest BCUT2D eigenvalue weighted by Gasteiger charge is 2.36. The van der Waals surface area contributed by atoms with Crippen LogP contribution in [0.25, 0.3) is 0 Å². The SMILES string of the molecule is O=C(NC1CCCC1)[C@@H](Cc1ccccc1)N(Cc1ccccc1F)C(=O)CN(c1cccc([N+](=O)[O-])c1)S(=O)(=O)c1ccccc1. The maximum atomic E-state index is 15.1. The molecule has 2 amide bonds. The number of nitrogens with zero attached hydrogens (tertiary/aromatic N) is 3. The van der Waals surface area contributed by atoms with Gasteiger partial charge < -0.3 is 10.2 Å². The van der Waals surface area contributed by atoms with Gasteiger partial charge in [0.15, 0.2) is 0 Å². The van der Waals surface area contributed by atoms with E-state index in [1.54, 1.807) is 24.3 Å². The molecule has 244 valence electrons. The number of nitrogens with one attached hydrogen (secondary N) is 1. The van der Waals surface area contributed by atoms with Crippen LogP contribution in [-0.4, -0.2) is 48.7 Å². The molecule has 0 radical (unpaired) electrons. The third kappa shape index (κ3) is 8.20. The van der Waals surface area contributed by atoms with Gasteiger partial charge in [-0.1, -0.05) is 85.6 Å². The fraction of sp³-hybridized carbons (Fsp3) is 0.257. The molecule has 4 aromatic rings. The summed E-state index contributed by atoms with van der Waals surface area (Å²) in [7, 11) is -4.44. The number of sulfonamides is 1. The molecule has 10 nitrogen and oxygen atoms in total. The van der Waals surface area contributed by atoms with Gasteiger partial charge in [-0.25, -0.2) is 12.8 Å². The summed E-state index contributed by atoms with van der Waals surface area (Å²) in [5.74, 6) is -1.81. The number of halogens is 1. The van der Waals surface area contributed by atoms with Crippen LogP contribution in [0.15, 0.2) is 114 Å². The normalized spacial score (nSPS) is 13.9. The molecule has 0 aliphatic heterocycles. The first-order valence-electron chi connectivity index (χ1n) is 15.3. The highest BCUT2D eigenvalue weighted by atomic mass is 32.2. The summed E-state index contributed by atoms with van der Waals surface area (Å²) in [5, 5.41) is 14.7. The van der Waals surface area contributed by atoms with Crippen LogP contribution in [0.4, 0.5) is 15.8 Å². The number of hydrogen-bond acceptors (Lipinski definition) is 6. The van der Waals surface area contributed by atoms with Crippen LogP contribution in [0.3, 0.4) is 0 Å². The smallest absolute Gasteiger partial charge is 0.271 e. The summed E-state index contributed by atoms with van der Waals surface area (Å²) < 4.78 is 44.0. The van der Waals surface area contributed by atoms with Crippen LogP contribution in [-0.2, 0) is 32.6 Å². The minimum Gasteiger partial charge on any atom is -0.352 e. The number of amides is 2. The number of non-ortho nitro benzene ring substituents is 1. The number of nitro benzene ring substituents is 1. The molecule has 0 heterocycles. The molecular weight excluding hydrogens is 623 g/mol. The molecule has 12 heteroatoms. The summed E-state index contributed by atoms with van der Waals surface area (Å²) in [5.41, 5.74) is 0.403. The van der Waals surface area contributed by atoms with Crippen molar-refractivity contribution in [1.29, 1.82) is 0 Å². The maximum absolute atomic E-state index is 15.1. The van der Waals surface area contributed by atoms with Crippen LogP contribution >= 0.6 is 0 Å². The molecule has 1 fully saturated rings. The van der Waals surface area contributed by atoms with E-state index in [4.69, 9.17) is 0 Å². The molecular formula is C35H35FN4O6S. The summed E-state index contributed by atoms with van der Waals surface area (Å²) in [6, 6.07) is 26.1. The van der Waals surface area contributed by atoms with Gasteiger partial charge in [0.1, 0.15) is 18.4 Å². The van der Waals surface area contributed by atoms with E-state index in [-0.39, 0.29) is 40.8 Å². The lowest BCUT2D eigenvalue weighted by molar-refractivity contribution is -0.384. The second kappa shape index (κ2) is 15.0. The van der Waals surface area contributed by atoms with Gasteiger partial charge in [-0.3, -0.25) is 24.0 Å². The van der Waals surface area contributed by atoms with Gasteiger partial charge in [0.05, 0.1) is 15.5 Å². The number of anilines is 1. The molecule has 0 aromatic heterocycles. The maximum Gasteiger partial charge on any atom is 0.271 e. The fourth-order valence-electron chi connectivity index (χ4n) is 5.74. The Balaban J connectivity index is 1.59. The van der Waals surface area contributed by atoms with Gasteiger partial charge in [-0.2, -0.15) is 0 Å². The monoisotopic (exact) mass is 658 g/mol. The third-order valence-electron chi connectivity index (χ3n) is 8.21. The van der Waals surface area contributed by atoms with Gasteiger partial charge >= 0.3 is 0 Å². The molecule has 47 heavy (non-hydrogen) atoms. The predicted octanol–water partition coefficient (Wildman–Crippen LogP) is 5.63. The molecule has 1 N–H and O–H groups in total. The van der Waals surface area contributed by atoms with E-state index in [0.717, 1.165) is 41.6 Å². The van der Waals surface area contributed by atoms with Crippen molar-refractivity contribution in [2.75, 3.05) is 10.8 Å². The number of benzene rings is 4. The quantitative estimate of drug-likeness (QED) is 0.147. The Labute approximate surface area is 273 Å². The highest BCUT2D eigenvalue weighted by molar-refractivity contribution is 7.92. The van der Waals surface area contributed by atoms with Crippen molar-refractivity contribution in [1.82, 2.24) is 10.2 Å². The molecule has 0 saturated heterocycles. The van der Waals surface area contributed by atoms with Crippen molar-refractivity contribution < 1.29 is 27.3 Å². The molecule has 1 saturated carbocycles. The second-order valence-electron chi connectivity index (χ2n) is 11.4. The Bertz CT molecular complexity index is 1820. The molecule has 0 unspecified atom stereocenters. The lowest BCUT2D eigenvalue weighted by atomic mass is 10.0. The molecule has 0 bridgehead atoms. The molecule has 5 rings (SSSR count). The minimum atomic E-state index is -4.44. The van der Waals surface area contributed by atoms with E-state index in [0.29, 0.717) is 0 Å². The van der Waals surface area contributed by atoms with E-state index < -0.39 is 45.2 Å². The minimum absolute atomic E-state index is 0.0778. The lowest BCUT2D eigenvalue weighted by Crippen LogP contribution is -2.54. The second-order valence-corrected chi connectivity index (χ2v) is 13.3. The topological polar surface area (TPSA) is 130 Å². The zero-order chi connectivity index (χ0) is 33.4. The first-order valence-corrected chi connectivity index (χ1v) is 16.8. The molecule has 4 aromatic carbocycles. The van der Waals surface area contributed by atoms with Gasteiger partial charge in [-0.05, 0) is 42.7 Å². The van der Waals surface area contributed by atoms with Crippen LogP contribution in [0.2, 0.25) is 0 Å². The Morgan fingerprint density at radius 3 is 2.19 bits per heavy atom. The molecule has 1 atom stereocenters. The summed E-state index contributed by atoms with van der Waals surface area (Å²) in [4.78, 5) is 40.5. The summed E-state index contributed by atoms with van der Waals surface area (Å²) >= 11 is 0. The number of carbonyl (C=O) groups excluding carboxylic acids is 2. The van der Waals surface area contributed by atoms with Crippen LogP contribution in [0.1, 0.15) is 36.8 Å². The molecule has 1 aliphatic carbocycles. The van der Waals surface area contributed by atoms with E-state index in [1.165, 1.54) is 65.6 Å². The van der Waals surface area contributed by atoms with E-state index in [9.17, 15) is 28.1 Å². The Morgan fingerprint density at radius 2 is 1.53 bits per heavy atom. The third-order valence-corrected chi connectivity index (χ3v) is 10.00. The van der Waals surface area contributed by atoms with E-state index >= 15 is 4.39 Å². The highest BCUT2D eigenvalue weighted by Crippen LogP contribution is 2.28. The summed E-state index contributed by atoms with van der Waals surface area (Å²) in [6.45, 7) is -1.13. The van der Waals surface area contributed by atoms with Gasteiger partial charge in [0, 0.05) is 36.7 Å². The van der Waals surface area contributed by atoms with E-state index in [2.05, 4.69) is 5.32 Å². The van der Waals surface area contributed by atoms with Crippen molar-refractivity contribution >= 4 is 33.2 Å². The van der Waals surface area contributed by atoms with Crippen molar-refractivity contribution in [3.05, 3.63) is 136 Å². The number of rotatable bonds is 13. The van der Waals surface area contributed by atoms with Crippen LogP contribution in [0.5, 0.6) is 0 Å². The zero-order valence-corrected chi connectivity index (χ0v) is 26.4. The number of nitro groups is 1.